The maximum absolute atomic E-state index is 10.8. The molecule has 21 heavy (non-hydrogen) atoms. The van der Waals surface area contributed by atoms with Gasteiger partial charge in [-0.25, -0.2) is 4.98 Å². The summed E-state index contributed by atoms with van der Waals surface area (Å²) in [6.07, 6.45) is 3.69. The van der Waals surface area contributed by atoms with Crippen LogP contribution >= 0.6 is 34.4 Å². The molecule has 1 saturated carbocycles. The highest BCUT2D eigenvalue weighted by atomic mass is 127. The number of carboxylic acid groups (broad SMARTS) is 1. The molecule has 1 aromatic carbocycles. The zero-order chi connectivity index (χ0) is 15.0. The van der Waals surface area contributed by atoms with Crippen LogP contribution in [0.25, 0.3) is 11.0 Å². The molecule has 0 bridgehead atoms. The largest absolute Gasteiger partial charge is 0.481 e. The molecule has 2 aromatic rings. The molecule has 3 rings (SSSR count). The molecule has 0 aliphatic heterocycles. The summed E-state index contributed by atoms with van der Waals surface area (Å²) < 4.78 is 3.37. The summed E-state index contributed by atoms with van der Waals surface area (Å²) in [7, 11) is 0. The van der Waals surface area contributed by atoms with E-state index in [-0.39, 0.29) is 5.75 Å². The van der Waals surface area contributed by atoms with Gasteiger partial charge in [-0.2, -0.15) is 0 Å². The number of hydrogen-bond acceptors (Lipinski definition) is 3. The Morgan fingerprint density at radius 3 is 2.90 bits per heavy atom. The van der Waals surface area contributed by atoms with Crippen molar-refractivity contribution in [2.75, 3.05) is 5.75 Å². The maximum atomic E-state index is 10.8. The van der Waals surface area contributed by atoms with Crippen molar-refractivity contribution in [2.24, 2.45) is 5.41 Å². The Kier molecular flexibility index (Phi) is 4.18. The molecule has 0 amide bonds. The second-order valence-electron chi connectivity index (χ2n) is 5.65. The van der Waals surface area contributed by atoms with Gasteiger partial charge in [0.25, 0.3) is 0 Å². The standard InChI is InChI=1S/C15H17IN2O2S/c1-2-15(5-6-15)9-18-12-4-3-10(16)7-11(12)17-14(18)21-8-13(19)20/h3-4,7H,2,5-6,8-9H2,1H3,(H,19,20). The van der Waals surface area contributed by atoms with Gasteiger partial charge in [0.05, 0.1) is 16.8 Å². The summed E-state index contributed by atoms with van der Waals surface area (Å²) in [5.74, 6) is -0.746. The average molecular weight is 416 g/mol. The molecule has 1 aliphatic rings. The number of imidazole rings is 1. The third-order valence-corrected chi connectivity index (χ3v) is 5.83. The molecule has 0 unspecified atom stereocenters. The Balaban J connectivity index is 2.00. The fourth-order valence-corrected chi connectivity index (χ4v) is 3.81. The van der Waals surface area contributed by atoms with Crippen LogP contribution in [0.1, 0.15) is 26.2 Å². The van der Waals surface area contributed by atoms with E-state index in [1.807, 2.05) is 0 Å². The second-order valence-corrected chi connectivity index (χ2v) is 7.84. The van der Waals surface area contributed by atoms with Gasteiger partial charge in [0.15, 0.2) is 5.16 Å². The lowest BCUT2D eigenvalue weighted by Gasteiger charge is -2.16. The topological polar surface area (TPSA) is 55.1 Å². The van der Waals surface area contributed by atoms with Crippen molar-refractivity contribution in [2.45, 2.75) is 37.9 Å². The van der Waals surface area contributed by atoms with Crippen molar-refractivity contribution in [3.63, 3.8) is 0 Å². The zero-order valence-electron chi connectivity index (χ0n) is 11.8. The van der Waals surface area contributed by atoms with Crippen LogP contribution in [0.15, 0.2) is 23.4 Å². The quantitative estimate of drug-likeness (QED) is 0.571. The molecular formula is C15H17IN2O2S. The zero-order valence-corrected chi connectivity index (χ0v) is 14.8. The number of aromatic nitrogens is 2. The van der Waals surface area contributed by atoms with E-state index < -0.39 is 5.97 Å². The Labute approximate surface area is 141 Å². The number of fused-ring (bicyclic) bond motifs is 1. The summed E-state index contributed by atoms with van der Waals surface area (Å²) >= 11 is 3.59. The van der Waals surface area contributed by atoms with E-state index in [2.05, 4.69) is 57.3 Å². The number of carbonyl (C=O) groups is 1. The first-order valence-corrected chi connectivity index (χ1v) is 9.10. The molecule has 0 atom stereocenters. The van der Waals surface area contributed by atoms with Gasteiger partial charge in [-0.1, -0.05) is 18.7 Å². The lowest BCUT2D eigenvalue weighted by molar-refractivity contribution is -0.133. The van der Waals surface area contributed by atoms with Gasteiger partial charge in [0.2, 0.25) is 0 Å². The molecule has 1 heterocycles. The number of benzene rings is 1. The summed E-state index contributed by atoms with van der Waals surface area (Å²) in [6, 6.07) is 6.24. The minimum atomic E-state index is -0.801. The van der Waals surface area contributed by atoms with Gasteiger partial charge in [-0.3, -0.25) is 4.79 Å². The minimum absolute atomic E-state index is 0.0551. The highest BCUT2D eigenvalue weighted by Crippen LogP contribution is 2.50. The molecule has 1 fully saturated rings. The van der Waals surface area contributed by atoms with Crippen molar-refractivity contribution in [3.05, 3.63) is 21.8 Å². The van der Waals surface area contributed by atoms with Crippen LogP contribution < -0.4 is 0 Å². The van der Waals surface area contributed by atoms with Crippen LogP contribution in [0.3, 0.4) is 0 Å². The molecule has 6 heteroatoms. The number of nitrogens with zero attached hydrogens (tertiary/aromatic N) is 2. The van der Waals surface area contributed by atoms with Crippen LogP contribution in [-0.4, -0.2) is 26.4 Å². The van der Waals surface area contributed by atoms with E-state index in [9.17, 15) is 4.79 Å². The molecule has 1 aliphatic carbocycles. The van der Waals surface area contributed by atoms with E-state index in [0.29, 0.717) is 5.41 Å². The molecule has 0 radical (unpaired) electrons. The van der Waals surface area contributed by atoms with Gasteiger partial charge in [-0.05, 0) is 65.5 Å². The van der Waals surface area contributed by atoms with E-state index in [0.717, 1.165) is 26.3 Å². The van der Waals surface area contributed by atoms with Crippen molar-refractivity contribution >= 4 is 51.4 Å². The lowest BCUT2D eigenvalue weighted by Crippen LogP contribution is -2.12. The highest BCUT2D eigenvalue weighted by molar-refractivity contribution is 14.1. The Hall–Kier alpha value is -0.760. The van der Waals surface area contributed by atoms with E-state index in [1.165, 1.54) is 31.0 Å². The minimum Gasteiger partial charge on any atom is -0.481 e. The smallest absolute Gasteiger partial charge is 0.313 e. The molecule has 0 saturated heterocycles. The second kappa shape index (κ2) is 5.79. The first-order valence-electron chi connectivity index (χ1n) is 7.03. The number of halogens is 1. The van der Waals surface area contributed by atoms with Crippen molar-refractivity contribution in [1.82, 2.24) is 9.55 Å². The third-order valence-electron chi connectivity index (χ3n) is 4.20. The van der Waals surface area contributed by atoms with Crippen molar-refractivity contribution in [1.29, 1.82) is 0 Å². The summed E-state index contributed by atoms with van der Waals surface area (Å²) in [5, 5.41) is 9.74. The van der Waals surface area contributed by atoms with Gasteiger partial charge in [0.1, 0.15) is 0 Å². The van der Waals surface area contributed by atoms with E-state index in [4.69, 9.17) is 5.11 Å². The number of thioether (sulfide) groups is 1. The molecule has 1 aromatic heterocycles. The molecule has 0 spiro atoms. The van der Waals surface area contributed by atoms with Crippen LogP contribution in [0.4, 0.5) is 0 Å². The Morgan fingerprint density at radius 1 is 1.52 bits per heavy atom. The average Bonchev–Trinajstić information content (AvgIpc) is 3.14. The Bertz CT molecular complexity index is 694. The lowest BCUT2D eigenvalue weighted by atomic mass is 10.0. The highest BCUT2D eigenvalue weighted by Gasteiger charge is 2.41. The first-order chi connectivity index (χ1) is 10.0. The van der Waals surface area contributed by atoms with Crippen molar-refractivity contribution < 1.29 is 9.90 Å². The molecular weight excluding hydrogens is 399 g/mol. The predicted molar refractivity (Wildman–Crippen MR) is 92.8 cm³/mol. The summed E-state index contributed by atoms with van der Waals surface area (Å²) in [5.41, 5.74) is 2.47. The van der Waals surface area contributed by atoms with Crippen LogP contribution in [0.2, 0.25) is 0 Å². The van der Waals surface area contributed by atoms with Crippen LogP contribution in [-0.2, 0) is 11.3 Å². The number of aliphatic carboxylic acids is 1. The SMILES string of the molecule is CCC1(Cn2c(SCC(=O)O)nc3cc(I)ccc32)CC1. The number of hydrogen-bond donors (Lipinski definition) is 1. The molecule has 4 nitrogen and oxygen atoms in total. The fraction of sp³-hybridized carbons (Fsp3) is 0.467. The van der Waals surface area contributed by atoms with Gasteiger partial charge in [0, 0.05) is 10.1 Å². The first kappa shape index (κ1) is 15.1. The number of rotatable bonds is 6. The predicted octanol–water partition coefficient (Wildman–Crippen LogP) is 4.01. The third kappa shape index (κ3) is 3.21. The van der Waals surface area contributed by atoms with E-state index >= 15 is 0 Å². The Morgan fingerprint density at radius 2 is 2.29 bits per heavy atom. The monoisotopic (exact) mass is 416 g/mol. The summed E-state index contributed by atoms with van der Waals surface area (Å²) in [6.45, 7) is 3.18. The normalized spacial score (nSPS) is 16.3. The van der Waals surface area contributed by atoms with E-state index in [1.54, 1.807) is 0 Å². The van der Waals surface area contributed by atoms with Gasteiger partial charge < -0.3 is 9.67 Å². The fourth-order valence-electron chi connectivity index (χ4n) is 2.61. The number of carboxylic acids is 1. The molecule has 1 N–H and O–H groups in total. The summed E-state index contributed by atoms with van der Waals surface area (Å²) in [4.78, 5) is 15.5. The molecule has 112 valence electrons. The van der Waals surface area contributed by atoms with Crippen molar-refractivity contribution in [3.8, 4) is 0 Å². The van der Waals surface area contributed by atoms with Crippen LogP contribution in [0.5, 0.6) is 0 Å². The van der Waals surface area contributed by atoms with Gasteiger partial charge >= 0.3 is 5.97 Å². The van der Waals surface area contributed by atoms with Gasteiger partial charge in [-0.15, -0.1) is 0 Å². The maximum Gasteiger partial charge on any atom is 0.313 e. The van der Waals surface area contributed by atoms with Crippen LogP contribution in [0, 0.1) is 8.99 Å².